The van der Waals surface area contributed by atoms with Crippen LogP contribution < -0.4 is 10.1 Å². The van der Waals surface area contributed by atoms with Crippen LogP contribution in [0.4, 0.5) is 4.39 Å². The number of rotatable bonds is 7. The van der Waals surface area contributed by atoms with Gasteiger partial charge in [0.1, 0.15) is 18.2 Å². The first kappa shape index (κ1) is 14.5. The Morgan fingerprint density at radius 3 is 3.00 bits per heavy atom. The standard InChI is InChI=1S/C15H20FN3O/c1-3-6-19-11-18-9-14(19)10-20-15-5-4-13(16)7-12(15)8-17-2/h4-5,7,9,11,17H,3,6,8,10H2,1-2H3. The van der Waals surface area contributed by atoms with Crippen molar-refractivity contribution in [3.05, 3.63) is 47.8 Å². The highest BCUT2D eigenvalue weighted by Crippen LogP contribution is 2.21. The fourth-order valence-corrected chi connectivity index (χ4v) is 2.08. The number of benzene rings is 1. The Hall–Kier alpha value is -1.88. The molecule has 1 aromatic carbocycles. The minimum Gasteiger partial charge on any atom is -0.487 e. The zero-order valence-corrected chi connectivity index (χ0v) is 11.9. The zero-order chi connectivity index (χ0) is 14.4. The van der Waals surface area contributed by atoms with E-state index in [0.717, 1.165) is 24.2 Å². The molecule has 0 saturated carbocycles. The summed E-state index contributed by atoms with van der Waals surface area (Å²) in [6, 6.07) is 4.58. The van der Waals surface area contributed by atoms with Gasteiger partial charge in [0.05, 0.1) is 18.2 Å². The van der Waals surface area contributed by atoms with E-state index in [2.05, 4.69) is 21.8 Å². The van der Waals surface area contributed by atoms with Gasteiger partial charge in [-0.1, -0.05) is 6.92 Å². The van der Waals surface area contributed by atoms with Crippen LogP contribution in [0.2, 0.25) is 0 Å². The summed E-state index contributed by atoms with van der Waals surface area (Å²) in [5.74, 6) is 0.448. The van der Waals surface area contributed by atoms with Gasteiger partial charge in [0.15, 0.2) is 0 Å². The average molecular weight is 277 g/mol. The van der Waals surface area contributed by atoms with Gasteiger partial charge in [0, 0.05) is 18.7 Å². The van der Waals surface area contributed by atoms with Gasteiger partial charge in [-0.2, -0.15) is 0 Å². The molecule has 1 heterocycles. The summed E-state index contributed by atoms with van der Waals surface area (Å²) < 4.78 is 21.1. The summed E-state index contributed by atoms with van der Waals surface area (Å²) in [6.45, 7) is 4.05. The van der Waals surface area contributed by atoms with Gasteiger partial charge < -0.3 is 14.6 Å². The molecule has 2 rings (SSSR count). The minimum absolute atomic E-state index is 0.251. The molecule has 0 saturated heterocycles. The molecule has 20 heavy (non-hydrogen) atoms. The quantitative estimate of drug-likeness (QED) is 0.846. The maximum absolute atomic E-state index is 13.3. The first-order valence-electron chi connectivity index (χ1n) is 6.79. The molecule has 4 nitrogen and oxygen atoms in total. The second kappa shape index (κ2) is 7.05. The number of nitrogens with zero attached hydrogens (tertiary/aromatic N) is 2. The van der Waals surface area contributed by atoms with Gasteiger partial charge in [0.2, 0.25) is 0 Å². The Balaban J connectivity index is 2.08. The van der Waals surface area contributed by atoms with Crippen molar-refractivity contribution in [2.24, 2.45) is 0 Å². The molecule has 0 aliphatic rings. The molecule has 0 unspecified atom stereocenters. The number of aromatic nitrogens is 2. The van der Waals surface area contributed by atoms with E-state index in [4.69, 9.17) is 4.74 Å². The minimum atomic E-state index is -0.251. The molecule has 108 valence electrons. The van der Waals surface area contributed by atoms with Crippen LogP contribution in [-0.4, -0.2) is 16.6 Å². The van der Waals surface area contributed by atoms with Crippen LogP contribution in [0.5, 0.6) is 5.75 Å². The Labute approximate surface area is 118 Å². The zero-order valence-electron chi connectivity index (χ0n) is 11.9. The molecule has 0 fully saturated rings. The van der Waals surface area contributed by atoms with Crippen LogP contribution in [-0.2, 0) is 19.7 Å². The third-order valence-corrected chi connectivity index (χ3v) is 3.03. The van der Waals surface area contributed by atoms with E-state index in [1.54, 1.807) is 18.6 Å². The molecule has 0 aliphatic heterocycles. The molecular formula is C15H20FN3O. The second-order valence-electron chi connectivity index (χ2n) is 4.65. The third-order valence-electron chi connectivity index (χ3n) is 3.03. The predicted octanol–water partition coefficient (Wildman–Crippen LogP) is 2.73. The van der Waals surface area contributed by atoms with Gasteiger partial charge in [-0.05, 0) is 31.7 Å². The van der Waals surface area contributed by atoms with Crippen molar-refractivity contribution >= 4 is 0 Å². The molecule has 0 spiro atoms. The van der Waals surface area contributed by atoms with Gasteiger partial charge in [-0.15, -0.1) is 0 Å². The van der Waals surface area contributed by atoms with E-state index < -0.39 is 0 Å². The lowest BCUT2D eigenvalue weighted by Crippen LogP contribution is -2.09. The van der Waals surface area contributed by atoms with E-state index in [9.17, 15) is 4.39 Å². The number of hydrogen-bond donors (Lipinski definition) is 1. The summed E-state index contributed by atoms with van der Waals surface area (Å²) in [7, 11) is 1.82. The van der Waals surface area contributed by atoms with Crippen molar-refractivity contribution in [2.45, 2.75) is 33.0 Å². The van der Waals surface area contributed by atoms with Gasteiger partial charge in [0.25, 0.3) is 0 Å². The lowest BCUT2D eigenvalue weighted by molar-refractivity contribution is 0.290. The van der Waals surface area contributed by atoms with E-state index in [1.807, 2.05) is 7.05 Å². The van der Waals surface area contributed by atoms with Crippen LogP contribution in [0.15, 0.2) is 30.7 Å². The molecule has 5 heteroatoms. The predicted molar refractivity (Wildman–Crippen MR) is 76.0 cm³/mol. The topological polar surface area (TPSA) is 39.1 Å². The van der Waals surface area contributed by atoms with Crippen LogP contribution in [0.1, 0.15) is 24.6 Å². The Kier molecular flexibility index (Phi) is 5.12. The largest absolute Gasteiger partial charge is 0.487 e. The van der Waals surface area contributed by atoms with Gasteiger partial charge in [-0.3, -0.25) is 0 Å². The average Bonchev–Trinajstić information content (AvgIpc) is 2.86. The van der Waals surface area contributed by atoms with E-state index >= 15 is 0 Å². The van der Waals surface area contributed by atoms with E-state index in [0.29, 0.717) is 18.9 Å². The van der Waals surface area contributed by atoms with Gasteiger partial charge in [-0.25, -0.2) is 9.37 Å². The van der Waals surface area contributed by atoms with Crippen molar-refractivity contribution in [2.75, 3.05) is 7.05 Å². The molecule has 0 radical (unpaired) electrons. The third kappa shape index (κ3) is 3.57. The summed E-state index contributed by atoms with van der Waals surface area (Å²) >= 11 is 0. The van der Waals surface area contributed by atoms with E-state index in [1.165, 1.54) is 12.1 Å². The van der Waals surface area contributed by atoms with Crippen LogP contribution in [0, 0.1) is 5.82 Å². The first-order valence-corrected chi connectivity index (χ1v) is 6.79. The summed E-state index contributed by atoms with van der Waals surface area (Å²) in [4.78, 5) is 4.14. The highest BCUT2D eigenvalue weighted by Gasteiger charge is 2.07. The number of halogens is 1. The maximum Gasteiger partial charge on any atom is 0.130 e. The summed E-state index contributed by atoms with van der Waals surface area (Å²) in [6.07, 6.45) is 4.66. The van der Waals surface area contributed by atoms with Gasteiger partial charge >= 0.3 is 0 Å². The Morgan fingerprint density at radius 1 is 1.40 bits per heavy atom. The molecule has 0 bridgehead atoms. The molecule has 2 aromatic rings. The molecule has 0 aliphatic carbocycles. The number of hydrogen-bond acceptors (Lipinski definition) is 3. The van der Waals surface area contributed by atoms with Crippen LogP contribution in [0.3, 0.4) is 0 Å². The molecular weight excluding hydrogens is 257 g/mol. The van der Waals surface area contributed by atoms with E-state index in [-0.39, 0.29) is 5.82 Å². The fourth-order valence-electron chi connectivity index (χ4n) is 2.08. The van der Waals surface area contributed by atoms with Crippen molar-refractivity contribution < 1.29 is 9.13 Å². The maximum atomic E-state index is 13.3. The fraction of sp³-hybridized carbons (Fsp3) is 0.400. The lowest BCUT2D eigenvalue weighted by Gasteiger charge is -2.12. The van der Waals surface area contributed by atoms with Crippen LogP contribution >= 0.6 is 0 Å². The van der Waals surface area contributed by atoms with Crippen molar-refractivity contribution in [3.63, 3.8) is 0 Å². The normalized spacial score (nSPS) is 10.8. The molecule has 0 amide bonds. The van der Waals surface area contributed by atoms with Crippen molar-refractivity contribution in [3.8, 4) is 5.75 Å². The highest BCUT2D eigenvalue weighted by molar-refractivity contribution is 5.34. The molecule has 0 atom stereocenters. The Bertz CT molecular complexity index is 554. The lowest BCUT2D eigenvalue weighted by atomic mass is 10.2. The number of aryl methyl sites for hydroxylation is 1. The number of nitrogens with one attached hydrogen (secondary N) is 1. The summed E-state index contributed by atoms with van der Waals surface area (Å²) in [5, 5.41) is 3.01. The van der Waals surface area contributed by atoms with Crippen LogP contribution in [0.25, 0.3) is 0 Å². The van der Waals surface area contributed by atoms with Crippen molar-refractivity contribution in [1.29, 1.82) is 0 Å². The molecule has 1 N–H and O–H groups in total. The van der Waals surface area contributed by atoms with Crippen molar-refractivity contribution in [1.82, 2.24) is 14.9 Å². The molecule has 1 aromatic heterocycles. The smallest absolute Gasteiger partial charge is 0.130 e. The highest BCUT2D eigenvalue weighted by atomic mass is 19.1. The number of ether oxygens (including phenoxy) is 1. The summed E-state index contributed by atoms with van der Waals surface area (Å²) in [5.41, 5.74) is 1.83. The monoisotopic (exact) mass is 277 g/mol. The Morgan fingerprint density at radius 2 is 2.25 bits per heavy atom. The number of imidazole rings is 1. The SMILES string of the molecule is CCCn1cncc1COc1ccc(F)cc1CNC. The first-order chi connectivity index (χ1) is 9.74. The second-order valence-corrected chi connectivity index (χ2v) is 4.65.